The third kappa shape index (κ3) is 4.86. The smallest absolute Gasteiger partial charge is 0.270 e. The molecule has 2 aromatic rings. The lowest BCUT2D eigenvalue weighted by Crippen LogP contribution is -2.35. The Morgan fingerprint density at radius 1 is 1.31 bits per heavy atom. The Labute approximate surface area is 163 Å². The summed E-state index contributed by atoms with van der Waals surface area (Å²) in [6.07, 6.45) is 4.47. The van der Waals surface area contributed by atoms with E-state index in [9.17, 15) is 4.79 Å². The van der Waals surface area contributed by atoms with E-state index in [-0.39, 0.29) is 5.91 Å². The maximum Gasteiger partial charge on any atom is 0.270 e. The number of halogens is 2. The van der Waals surface area contributed by atoms with E-state index in [2.05, 4.69) is 27.1 Å². The zero-order valence-electron chi connectivity index (χ0n) is 14.7. The number of nitrogens with zero attached hydrogens (tertiary/aromatic N) is 3. The average molecular weight is 393 g/mol. The minimum Gasteiger partial charge on any atom is -0.356 e. The lowest BCUT2D eigenvalue weighted by atomic mass is 10.0. The molecule has 1 saturated heterocycles. The number of hydrogen-bond donors (Lipinski definition) is 1. The van der Waals surface area contributed by atoms with Crippen molar-refractivity contribution in [2.75, 3.05) is 24.5 Å². The molecule has 1 aliphatic rings. The topological polar surface area (TPSA) is 58.1 Å². The fraction of sp³-hybridized carbons (Fsp3) is 0.421. The first-order valence-corrected chi connectivity index (χ1v) is 9.57. The number of hydrogen-bond acceptors (Lipinski definition) is 4. The van der Waals surface area contributed by atoms with Crippen molar-refractivity contribution >= 4 is 34.9 Å². The quantitative estimate of drug-likeness (QED) is 0.835. The van der Waals surface area contributed by atoms with Gasteiger partial charge in [0.15, 0.2) is 0 Å². The summed E-state index contributed by atoms with van der Waals surface area (Å²) in [5, 5.41) is 4.10. The number of piperidine rings is 1. The van der Waals surface area contributed by atoms with Crippen molar-refractivity contribution in [1.29, 1.82) is 0 Å². The summed E-state index contributed by atoms with van der Waals surface area (Å²) in [6.45, 7) is 4.65. The van der Waals surface area contributed by atoms with Gasteiger partial charge < -0.3 is 10.2 Å². The molecule has 1 N–H and O–H groups in total. The molecule has 1 aromatic carbocycles. The molecule has 7 heteroatoms. The number of benzene rings is 1. The van der Waals surface area contributed by atoms with Crippen LogP contribution in [0.5, 0.6) is 0 Å². The Kier molecular flexibility index (Phi) is 6.33. The summed E-state index contributed by atoms with van der Waals surface area (Å²) in [4.78, 5) is 23.1. The molecule has 1 unspecified atom stereocenters. The van der Waals surface area contributed by atoms with Crippen LogP contribution in [0.25, 0.3) is 0 Å². The lowest BCUT2D eigenvalue weighted by molar-refractivity contribution is 0.0949. The third-order valence-corrected chi connectivity index (χ3v) is 5.15. The number of carbonyl (C=O) groups is 1. The zero-order valence-corrected chi connectivity index (χ0v) is 16.2. The Morgan fingerprint density at radius 2 is 2.15 bits per heavy atom. The Morgan fingerprint density at radius 3 is 2.92 bits per heavy atom. The first-order chi connectivity index (χ1) is 12.5. The summed E-state index contributed by atoms with van der Waals surface area (Å²) in [5.74, 6) is 1.25. The van der Waals surface area contributed by atoms with E-state index in [0.717, 1.165) is 30.9 Å². The van der Waals surface area contributed by atoms with Gasteiger partial charge >= 0.3 is 0 Å². The van der Waals surface area contributed by atoms with Gasteiger partial charge in [0.05, 0.1) is 0 Å². The molecule has 1 amide bonds. The van der Waals surface area contributed by atoms with Gasteiger partial charge in [0.2, 0.25) is 0 Å². The molecule has 0 aliphatic carbocycles. The predicted octanol–water partition coefficient (Wildman–Crippen LogP) is 3.99. The van der Waals surface area contributed by atoms with Gasteiger partial charge in [-0.05, 0) is 42.9 Å². The van der Waals surface area contributed by atoms with Crippen molar-refractivity contribution in [3.05, 3.63) is 51.9 Å². The van der Waals surface area contributed by atoms with Gasteiger partial charge in [0, 0.05) is 35.7 Å². The molecule has 0 radical (unpaired) electrons. The normalized spacial score (nSPS) is 17.2. The molecule has 0 saturated carbocycles. The molecular weight excluding hydrogens is 371 g/mol. The predicted molar refractivity (Wildman–Crippen MR) is 105 cm³/mol. The number of aromatic nitrogens is 2. The van der Waals surface area contributed by atoms with Crippen LogP contribution in [0.3, 0.4) is 0 Å². The van der Waals surface area contributed by atoms with Crippen molar-refractivity contribution in [3.8, 4) is 0 Å². The molecular formula is C19H22Cl2N4O. The zero-order chi connectivity index (χ0) is 18.5. The summed E-state index contributed by atoms with van der Waals surface area (Å²) >= 11 is 12.1. The van der Waals surface area contributed by atoms with Gasteiger partial charge in [-0.3, -0.25) is 4.79 Å². The van der Waals surface area contributed by atoms with Crippen LogP contribution in [0, 0.1) is 5.92 Å². The average Bonchev–Trinajstić information content (AvgIpc) is 2.63. The first-order valence-electron chi connectivity index (χ1n) is 8.82. The number of rotatable bonds is 5. The van der Waals surface area contributed by atoms with Crippen molar-refractivity contribution < 1.29 is 4.79 Å². The van der Waals surface area contributed by atoms with Crippen molar-refractivity contribution in [2.24, 2.45) is 5.92 Å². The van der Waals surface area contributed by atoms with Crippen LogP contribution >= 0.6 is 23.2 Å². The van der Waals surface area contributed by atoms with Gasteiger partial charge in [-0.15, -0.1) is 0 Å². The molecule has 1 fully saturated rings. The third-order valence-electron chi connectivity index (χ3n) is 4.56. The molecule has 1 atom stereocenters. The molecule has 1 aromatic heterocycles. The Bertz CT molecular complexity index is 784. The van der Waals surface area contributed by atoms with Crippen molar-refractivity contribution in [2.45, 2.75) is 26.2 Å². The number of nitrogens with one attached hydrogen (secondary N) is 1. The second-order valence-corrected chi connectivity index (χ2v) is 7.54. The molecule has 5 nitrogen and oxygen atoms in total. The van der Waals surface area contributed by atoms with E-state index in [0.29, 0.717) is 34.6 Å². The van der Waals surface area contributed by atoms with Crippen LogP contribution in [-0.2, 0) is 6.42 Å². The van der Waals surface area contributed by atoms with E-state index < -0.39 is 0 Å². The van der Waals surface area contributed by atoms with Gasteiger partial charge in [-0.25, -0.2) is 9.97 Å². The summed E-state index contributed by atoms with van der Waals surface area (Å²) in [7, 11) is 0. The van der Waals surface area contributed by atoms with Crippen LogP contribution < -0.4 is 10.2 Å². The monoisotopic (exact) mass is 392 g/mol. The molecule has 3 rings (SSSR count). The Balaban J connectivity index is 1.58. The van der Waals surface area contributed by atoms with Gasteiger partial charge in [0.25, 0.3) is 5.91 Å². The van der Waals surface area contributed by atoms with Gasteiger partial charge in [0.1, 0.15) is 17.8 Å². The van der Waals surface area contributed by atoms with Crippen LogP contribution in [-0.4, -0.2) is 35.5 Å². The minimum atomic E-state index is -0.205. The second-order valence-electron chi connectivity index (χ2n) is 6.70. The minimum absolute atomic E-state index is 0.205. The van der Waals surface area contributed by atoms with E-state index in [1.807, 2.05) is 6.07 Å². The number of carbonyl (C=O) groups excluding carboxylic acids is 1. The molecule has 0 spiro atoms. The second kappa shape index (κ2) is 8.69. The summed E-state index contributed by atoms with van der Waals surface area (Å²) in [6, 6.07) is 7.14. The highest BCUT2D eigenvalue weighted by atomic mass is 35.5. The lowest BCUT2D eigenvalue weighted by Gasteiger charge is -2.31. The molecule has 2 heterocycles. The van der Waals surface area contributed by atoms with E-state index in [4.69, 9.17) is 23.2 Å². The van der Waals surface area contributed by atoms with Crippen LogP contribution in [0.1, 0.15) is 35.8 Å². The maximum atomic E-state index is 12.4. The van der Waals surface area contributed by atoms with Gasteiger partial charge in [-0.2, -0.15) is 0 Å². The van der Waals surface area contributed by atoms with Crippen LogP contribution in [0.2, 0.25) is 10.0 Å². The van der Waals surface area contributed by atoms with Crippen LogP contribution in [0.15, 0.2) is 30.6 Å². The first kappa shape index (κ1) is 18.9. The summed E-state index contributed by atoms with van der Waals surface area (Å²) in [5.41, 5.74) is 1.33. The van der Waals surface area contributed by atoms with Crippen molar-refractivity contribution in [1.82, 2.24) is 15.3 Å². The van der Waals surface area contributed by atoms with E-state index in [1.165, 1.54) is 12.7 Å². The van der Waals surface area contributed by atoms with Crippen molar-refractivity contribution in [3.63, 3.8) is 0 Å². The molecule has 1 aliphatic heterocycles. The molecule has 138 valence electrons. The van der Waals surface area contributed by atoms with Gasteiger partial charge in [-0.1, -0.05) is 36.2 Å². The highest BCUT2D eigenvalue weighted by molar-refractivity contribution is 6.35. The maximum absolute atomic E-state index is 12.4. The largest absolute Gasteiger partial charge is 0.356 e. The molecule has 26 heavy (non-hydrogen) atoms. The Hall–Kier alpha value is -1.85. The SMILES string of the molecule is CC1CCCN(c2cc(C(=O)NCCc3ccc(Cl)cc3Cl)ncn2)C1. The van der Waals surface area contributed by atoms with E-state index >= 15 is 0 Å². The standard InChI is InChI=1S/C19H22Cl2N4O/c1-13-3-2-8-25(11-13)18-10-17(23-12-24-18)19(26)22-7-6-14-4-5-15(20)9-16(14)21/h4-5,9-10,12-13H,2-3,6-8,11H2,1H3,(H,22,26). The summed E-state index contributed by atoms with van der Waals surface area (Å²) < 4.78 is 0. The van der Waals surface area contributed by atoms with E-state index in [1.54, 1.807) is 18.2 Å². The molecule has 0 bridgehead atoms. The highest BCUT2D eigenvalue weighted by Gasteiger charge is 2.19. The number of amides is 1. The van der Waals surface area contributed by atoms with Crippen LogP contribution in [0.4, 0.5) is 5.82 Å². The number of anilines is 1. The fourth-order valence-corrected chi connectivity index (χ4v) is 3.67. The highest BCUT2D eigenvalue weighted by Crippen LogP contribution is 2.22. The fourth-order valence-electron chi connectivity index (χ4n) is 3.17.